The Morgan fingerprint density at radius 1 is 1.07 bits per heavy atom. The number of carbonyl (C=O) groups is 2. The van der Waals surface area contributed by atoms with Gasteiger partial charge in [0.05, 0.1) is 26.2 Å². The third kappa shape index (κ3) is 5.08. The van der Waals surface area contributed by atoms with E-state index >= 15 is 0 Å². The minimum absolute atomic E-state index is 0.0756. The van der Waals surface area contributed by atoms with Crippen LogP contribution in [-0.4, -0.2) is 38.7 Å². The van der Waals surface area contributed by atoms with Crippen molar-refractivity contribution in [3.05, 3.63) is 60.2 Å². The van der Waals surface area contributed by atoms with Crippen LogP contribution < -0.4 is 9.64 Å². The van der Waals surface area contributed by atoms with Crippen LogP contribution in [0.15, 0.2) is 54.6 Å². The van der Waals surface area contributed by atoms with Crippen molar-refractivity contribution in [2.45, 2.75) is 13.0 Å². The number of methoxy groups -OCH3 is 1. The number of carbonyl (C=O) groups excluding carboxylic acids is 2. The minimum Gasteiger partial charge on any atom is -0.491 e. The van der Waals surface area contributed by atoms with Crippen molar-refractivity contribution >= 4 is 17.6 Å². The summed E-state index contributed by atoms with van der Waals surface area (Å²) in [7, 11) is 1.34. The predicted molar refractivity (Wildman–Crippen MR) is 101 cm³/mol. The second kappa shape index (κ2) is 9.19. The molecule has 1 saturated heterocycles. The first-order chi connectivity index (χ1) is 13.2. The summed E-state index contributed by atoms with van der Waals surface area (Å²) >= 11 is 0. The van der Waals surface area contributed by atoms with Crippen LogP contribution in [0.25, 0.3) is 0 Å². The van der Waals surface area contributed by atoms with E-state index in [4.69, 9.17) is 14.2 Å². The first kappa shape index (κ1) is 18.9. The smallest absolute Gasteiger partial charge is 0.311 e. The molecule has 1 fully saturated rings. The fourth-order valence-corrected chi connectivity index (χ4v) is 2.99. The van der Waals surface area contributed by atoms with E-state index in [0.29, 0.717) is 32.1 Å². The Labute approximate surface area is 158 Å². The second-order valence-electron chi connectivity index (χ2n) is 6.31. The Balaban J connectivity index is 1.43. The van der Waals surface area contributed by atoms with Crippen molar-refractivity contribution in [1.29, 1.82) is 0 Å². The zero-order valence-electron chi connectivity index (χ0n) is 15.3. The molecule has 6 heteroatoms. The fourth-order valence-electron chi connectivity index (χ4n) is 2.99. The molecule has 1 atom stereocenters. The molecule has 0 aromatic heterocycles. The maximum atomic E-state index is 12.1. The molecule has 1 aliphatic rings. The van der Waals surface area contributed by atoms with Gasteiger partial charge in [-0.2, -0.15) is 0 Å². The van der Waals surface area contributed by atoms with Crippen LogP contribution in [0.3, 0.4) is 0 Å². The molecule has 1 heterocycles. The molecule has 3 rings (SSSR count). The molecule has 0 N–H and O–H groups in total. The largest absolute Gasteiger partial charge is 0.491 e. The number of hydrogen-bond acceptors (Lipinski definition) is 5. The Kier molecular flexibility index (Phi) is 6.44. The Morgan fingerprint density at radius 3 is 2.52 bits per heavy atom. The number of anilines is 1. The maximum Gasteiger partial charge on any atom is 0.311 e. The van der Waals surface area contributed by atoms with Gasteiger partial charge in [-0.25, -0.2) is 0 Å². The van der Waals surface area contributed by atoms with Gasteiger partial charge in [-0.3, -0.25) is 9.59 Å². The lowest BCUT2D eigenvalue weighted by atomic mass is 10.1. The number of amides is 1. The van der Waals surface area contributed by atoms with Crippen molar-refractivity contribution in [2.24, 2.45) is 5.92 Å². The standard InChI is InChI=1S/C21H23NO5/c1-25-21(24)17-13-20(23)22(14-17)18-7-9-19(10-8-18)27-12-11-26-15-16-5-3-2-4-6-16/h2-10,17H,11-15H2,1H3. The first-order valence-corrected chi connectivity index (χ1v) is 8.90. The van der Waals surface area contributed by atoms with Gasteiger partial charge in [0, 0.05) is 18.7 Å². The lowest BCUT2D eigenvalue weighted by Gasteiger charge is -2.17. The van der Waals surface area contributed by atoms with Crippen molar-refractivity contribution in [3.8, 4) is 5.75 Å². The normalized spacial score (nSPS) is 16.4. The summed E-state index contributed by atoms with van der Waals surface area (Å²) < 4.78 is 16.0. The highest BCUT2D eigenvalue weighted by atomic mass is 16.5. The monoisotopic (exact) mass is 369 g/mol. The third-order valence-corrected chi connectivity index (χ3v) is 4.42. The highest BCUT2D eigenvalue weighted by Crippen LogP contribution is 2.27. The zero-order valence-corrected chi connectivity index (χ0v) is 15.3. The molecule has 0 aliphatic carbocycles. The van der Waals surface area contributed by atoms with Gasteiger partial charge in [-0.15, -0.1) is 0 Å². The Morgan fingerprint density at radius 2 is 1.81 bits per heavy atom. The molecule has 2 aromatic rings. The van der Waals surface area contributed by atoms with E-state index in [1.165, 1.54) is 7.11 Å². The number of esters is 1. The van der Waals surface area contributed by atoms with E-state index in [0.717, 1.165) is 11.3 Å². The number of hydrogen-bond donors (Lipinski definition) is 0. The van der Waals surface area contributed by atoms with Crippen LogP contribution in [0, 0.1) is 5.92 Å². The van der Waals surface area contributed by atoms with E-state index in [1.807, 2.05) is 54.6 Å². The van der Waals surface area contributed by atoms with Crippen LogP contribution in [-0.2, 0) is 25.7 Å². The second-order valence-corrected chi connectivity index (χ2v) is 6.31. The molecule has 0 saturated carbocycles. The van der Waals surface area contributed by atoms with E-state index in [-0.39, 0.29) is 18.3 Å². The van der Waals surface area contributed by atoms with Crippen molar-refractivity contribution in [3.63, 3.8) is 0 Å². The van der Waals surface area contributed by atoms with E-state index in [9.17, 15) is 9.59 Å². The topological polar surface area (TPSA) is 65.1 Å². The van der Waals surface area contributed by atoms with Gasteiger partial charge in [0.1, 0.15) is 12.4 Å². The summed E-state index contributed by atoms with van der Waals surface area (Å²) in [5.41, 5.74) is 1.88. The molecule has 6 nitrogen and oxygen atoms in total. The molecule has 1 aliphatic heterocycles. The van der Waals surface area contributed by atoms with Gasteiger partial charge in [0.2, 0.25) is 5.91 Å². The van der Waals surface area contributed by atoms with Crippen molar-refractivity contribution < 1.29 is 23.8 Å². The summed E-state index contributed by atoms with van der Waals surface area (Å²) in [5, 5.41) is 0. The maximum absolute atomic E-state index is 12.1. The van der Waals surface area contributed by atoms with Crippen LogP contribution in [0.5, 0.6) is 5.75 Å². The van der Waals surface area contributed by atoms with Gasteiger partial charge < -0.3 is 19.1 Å². The average Bonchev–Trinajstić information content (AvgIpc) is 3.10. The summed E-state index contributed by atoms with van der Waals surface area (Å²) in [4.78, 5) is 25.3. The van der Waals surface area contributed by atoms with E-state index in [2.05, 4.69) is 0 Å². The van der Waals surface area contributed by atoms with Crippen molar-refractivity contribution in [2.75, 3.05) is 31.8 Å². The molecule has 0 spiro atoms. The quantitative estimate of drug-likeness (QED) is 0.529. The van der Waals surface area contributed by atoms with Gasteiger partial charge in [0.25, 0.3) is 0 Å². The van der Waals surface area contributed by atoms with Crippen LogP contribution in [0.4, 0.5) is 5.69 Å². The highest BCUT2D eigenvalue weighted by molar-refractivity contribution is 5.99. The summed E-state index contributed by atoms with van der Waals surface area (Å²) in [6.45, 7) is 1.84. The molecule has 142 valence electrons. The minimum atomic E-state index is -0.403. The predicted octanol–water partition coefficient (Wildman–Crippen LogP) is 2.81. The third-order valence-electron chi connectivity index (χ3n) is 4.42. The highest BCUT2D eigenvalue weighted by Gasteiger charge is 2.35. The Hall–Kier alpha value is -2.86. The van der Waals surface area contributed by atoms with E-state index in [1.54, 1.807) is 4.90 Å². The van der Waals surface area contributed by atoms with Crippen LogP contribution in [0.2, 0.25) is 0 Å². The molecule has 27 heavy (non-hydrogen) atoms. The molecule has 0 bridgehead atoms. The van der Waals surface area contributed by atoms with Crippen molar-refractivity contribution in [1.82, 2.24) is 0 Å². The molecule has 1 unspecified atom stereocenters. The summed E-state index contributed by atoms with van der Waals surface area (Å²) in [5.74, 6) is -0.117. The summed E-state index contributed by atoms with van der Waals surface area (Å²) in [6.07, 6.45) is 0.184. The number of nitrogens with zero attached hydrogens (tertiary/aromatic N) is 1. The van der Waals surface area contributed by atoms with E-state index < -0.39 is 5.92 Å². The number of rotatable bonds is 8. The number of benzene rings is 2. The first-order valence-electron chi connectivity index (χ1n) is 8.90. The molecular weight excluding hydrogens is 346 g/mol. The molecular formula is C21H23NO5. The molecule has 2 aromatic carbocycles. The van der Waals surface area contributed by atoms with Crippen LogP contribution >= 0.6 is 0 Å². The van der Waals surface area contributed by atoms with Crippen LogP contribution in [0.1, 0.15) is 12.0 Å². The number of ether oxygens (including phenoxy) is 3. The summed E-state index contributed by atoms with van der Waals surface area (Å²) in [6, 6.07) is 17.2. The lowest BCUT2D eigenvalue weighted by Crippen LogP contribution is -2.26. The Bertz CT molecular complexity index is 760. The molecule has 0 radical (unpaired) electrons. The van der Waals surface area contributed by atoms with Gasteiger partial charge in [0.15, 0.2) is 0 Å². The fraction of sp³-hybridized carbons (Fsp3) is 0.333. The van der Waals surface area contributed by atoms with Gasteiger partial charge in [-0.1, -0.05) is 30.3 Å². The SMILES string of the molecule is COC(=O)C1CC(=O)N(c2ccc(OCCOCc3ccccc3)cc2)C1. The molecule has 1 amide bonds. The lowest BCUT2D eigenvalue weighted by molar-refractivity contribution is -0.145. The zero-order chi connectivity index (χ0) is 19.1. The van der Waals surface area contributed by atoms with Gasteiger partial charge >= 0.3 is 5.97 Å². The van der Waals surface area contributed by atoms with Gasteiger partial charge in [-0.05, 0) is 29.8 Å². The average molecular weight is 369 g/mol.